The highest BCUT2D eigenvalue weighted by atomic mass is 35.5. The molecule has 0 saturated carbocycles. The van der Waals surface area contributed by atoms with Gasteiger partial charge in [0.1, 0.15) is 5.82 Å². The second-order valence-electron chi connectivity index (χ2n) is 5.55. The van der Waals surface area contributed by atoms with Crippen LogP contribution in [0.25, 0.3) is 11.1 Å². The Balaban J connectivity index is 1.87. The zero-order valence-electron chi connectivity index (χ0n) is 13.1. The Labute approximate surface area is 145 Å². The zero-order valence-corrected chi connectivity index (χ0v) is 13.9. The highest BCUT2D eigenvalue weighted by Crippen LogP contribution is 2.27. The molecule has 0 fully saturated rings. The monoisotopic (exact) mass is 338 g/mol. The van der Waals surface area contributed by atoms with Gasteiger partial charge in [0.25, 0.3) is 0 Å². The molecule has 3 rings (SSSR count). The summed E-state index contributed by atoms with van der Waals surface area (Å²) >= 11 is 6.03. The Bertz CT molecular complexity index is 889. The molecule has 0 aromatic heterocycles. The molecule has 0 atom stereocenters. The summed E-state index contributed by atoms with van der Waals surface area (Å²) in [6, 6.07) is 18.6. The Kier molecular flexibility index (Phi) is 4.63. The average molecular weight is 339 g/mol. The molecule has 0 aliphatic heterocycles. The minimum absolute atomic E-state index is 0.310. The molecule has 0 saturated heterocycles. The van der Waals surface area contributed by atoms with Gasteiger partial charge in [-0.25, -0.2) is 4.39 Å². The van der Waals surface area contributed by atoms with E-state index in [2.05, 4.69) is 5.32 Å². The number of benzene rings is 3. The molecule has 0 unspecified atom stereocenters. The molecular weight excluding hydrogens is 323 g/mol. The lowest BCUT2D eigenvalue weighted by Gasteiger charge is -2.12. The highest BCUT2D eigenvalue weighted by Gasteiger charge is 2.06. The van der Waals surface area contributed by atoms with Crippen molar-refractivity contribution in [2.75, 3.05) is 5.32 Å². The molecule has 120 valence electrons. The fourth-order valence-electron chi connectivity index (χ4n) is 2.49. The van der Waals surface area contributed by atoms with Gasteiger partial charge in [-0.15, -0.1) is 0 Å². The summed E-state index contributed by atoms with van der Waals surface area (Å²) in [6.45, 7) is 1.70. The van der Waals surface area contributed by atoms with Crippen molar-refractivity contribution in [2.24, 2.45) is 0 Å². The largest absolute Gasteiger partial charge is 0.355 e. The first-order valence-corrected chi connectivity index (χ1v) is 7.88. The number of hydrogen-bond donors (Lipinski definition) is 2. The normalized spacial score (nSPS) is 10.5. The van der Waals surface area contributed by atoms with E-state index in [9.17, 15) is 4.39 Å². The van der Waals surface area contributed by atoms with Gasteiger partial charge in [0.2, 0.25) is 0 Å². The summed E-state index contributed by atoms with van der Waals surface area (Å²) in [4.78, 5) is 0. The van der Waals surface area contributed by atoms with Crippen LogP contribution in [-0.2, 0) is 0 Å². The van der Waals surface area contributed by atoms with Crippen molar-refractivity contribution in [3.8, 4) is 11.1 Å². The molecule has 0 aliphatic carbocycles. The molecule has 3 aromatic carbocycles. The molecule has 2 nitrogen and oxygen atoms in total. The second kappa shape index (κ2) is 6.85. The van der Waals surface area contributed by atoms with E-state index < -0.39 is 0 Å². The highest BCUT2D eigenvalue weighted by molar-refractivity contribution is 6.30. The van der Waals surface area contributed by atoms with Gasteiger partial charge in [-0.1, -0.05) is 35.9 Å². The van der Waals surface area contributed by atoms with Crippen LogP contribution in [0.4, 0.5) is 15.8 Å². The van der Waals surface area contributed by atoms with E-state index in [-0.39, 0.29) is 5.82 Å². The molecule has 0 amide bonds. The third kappa shape index (κ3) is 3.47. The first-order valence-electron chi connectivity index (χ1n) is 7.50. The zero-order chi connectivity index (χ0) is 17.1. The van der Waals surface area contributed by atoms with Crippen LogP contribution >= 0.6 is 11.6 Å². The summed E-state index contributed by atoms with van der Waals surface area (Å²) < 4.78 is 13.6. The van der Waals surface area contributed by atoms with Crippen molar-refractivity contribution < 1.29 is 4.39 Å². The van der Waals surface area contributed by atoms with E-state index in [4.69, 9.17) is 17.0 Å². The van der Waals surface area contributed by atoms with Gasteiger partial charge in [-0.2, -0.15) is 0 Å². The minimum atomic E-state index is -0.310. The summed E-state index contributed by atoms with van der Waals surface area (Å²) in [6.07, 6.45) is 1.14. The number of rotatable bonds is 4. The van der Waals surface area contributed by atoms with Gasteiger partial charge < -0.3 is 10.7 Å². The van der Waals surface area contributed by atoms with Crippen molar-refractivity contribution in [3.05, 3.63) is 82.6 Å². The SMILES string of the molecule is Cc1cc(Nc2ccc(-c3cccc(Cl)c3)cc2)c(C=N)cc1F. The van der Waals surface area contributed by atoms with Crippen molar-refractivity contribution >= 4 is 29.2 Å². The van der Waals surface area contributed by atoms with Crippen molar-refractivity contribution in [1.29, 1.82) is 5.41 Å². The fraction of sp³-hybridized carbons (Fsp3) is 0.0500. The predicted octanol–water partition coefficient (Wildman–Crippen LogP) is 6.20. The maximum atomic E-state index is 13.6. The molecular formula is C20H16ClFN2. The van der Waals surface area contributed by atoms with Crippen LogP contribution in [0, 0.1) is 18.2 Å². The number of aryl methyl sites for hydroxylation is 1. The summed E-state index contributed by atoms with van der Waals surface area (Å²) in [7, 11) is 0. The molecule has 0 bridgehead atoms. The van der Waals surface area contributed by atoms with Gasteiger partial charge in [0.05, 0.1) is 0 Å². The van der Waals surface area contributed by atoms with Gasteiger partial charge in [-0.3, -0.25) is 0 Å². The molecule has 0 aliphatic rings. The molecule has 0 heterocycles. The lowest BCUT2D eigenvalue weighted by molar-refractivity contribution is 0.618. The first kappa shape index (κ1) is 16.2. The van der Waals surface area contributed by atoms with Crippen molar-refractivity contribution in [3.63, 3.8) is 0 Å². The third-order valence-electron chi connectivity index (χ3n) is 3.81. The number of anilines is 2. The quantitative estimate of drug-likeness (QED) is 0.546. The molecule has 0 radical (unpaired) electrons. The lowest BCUT2D eigenvalue weighted by Crippen LogP contribution is -1.98. The molecule has 4 heteroatoms. The minimum Gasteiger partial charge on any atom is -0.355 e. The summed E-state index contributed by atoms with van der Waals surface area (Å²) in [5.41, 5.74) is 4.74. The molecule has 3 aromatic rings. The number of hydrogen-bond acceptors (Lipinski definition) is 2. The number of nitrogens with one attached hydrogen (secondary N) is 2. The van der Waals surface area contributed by atoms with E-state index in [1.165, 1.54) is 6.07 Å². The molecule has 24 heavy (non-hydrogen) atoms. The Morgan fingerprint density at radius 3 is 2.42 bits per heavy atom. The van der Waals surface area contributed by atoms with Crippen LogP contribution < -0.4 is 5.32 Å². The van der Waals surface area contributed by atoms with E-state index in [0.717, 1.165) is 23.0 Å². The number of halogens is 2. The lowest BCUT2D eigenvalue weighted by atomic mass is 10.1. The Hall–Kier alpha value is -2.65. The Morgan fingerprint density at radius 1 is 1.00 bits per heavy atom. The van der Waals surface area contributed by atoms with Crippen LogP contribution in [0.2, 0.25) is 5.02 Å². The van der Waals surface area contributed by atoms with E-state index in [1.807, 2.05) is 48.5 Å². The van der Waals surface area contributed by atoms with Gasteiger partial charge in [0.15, 0.2) is 0 Å². The van der Waals surface area contributed by atoms with Crippen molar-refractivity contribution in [1.82, 2.24) is 0 Å². The van der Waals surface area contributed by atoms with Crippen LogP contribution in [0.5, 0.6) is 0 Å². The maximum absolute atomic E-state index is 13.6. The van der Waals surface area contributed by atoms with Gasteiger partial charge in [-0.05, 0) is 60.0 Å². The second-order valence-corrected chi connectivity index (χ2v) is 5.98. The van der Waals surface area contributed by atoms with Crippen LogP contribution in [0.15, 0.2) is 60.7 Å². The molecule has 0 spiro atoms. The van der Waals surface area contributed by atoms with Crippen LogP contribution in [0.3, 0.4) is 0 Å². The van der Waals surface area contributed by atoms with Crippen LogP contribution in [-0.4, -0.2) is 6.21 Å². The summed E-state index contributed by atoms with van der Waals surface area (Å²) in [5.74, 6) is -0.310. The maximum Gasteiger partial charge on any atom is 0.126 e. The van der Waals surface area contributed by atoms with Gasteiger partial charge in [0, 0.05) is 28.2 Å². The third-order valence-corrected chi connectivity index (χ3v) is 4.04. The molecule has 2 N–H and O–H groups in total. The predicted molar refractivity (Wildman–Crippen MR) is 99.2 cm³/mol. The van der Waals surface area contributed by atoms with E-state index in [0.29, 0.717) is 21.8 Å². The van der Waals surface area contributed by atoms with E-state index in [1.54, 1.807) is 13.0 Å². The fourth-order valence-corrected chi connectivity index (χ4v) is 2.68. The van der Waals surface area contributed by atoms with Gasteiger partial charge >= 0.3 is 0 Å². The summed E-state index contributed by atoms with van der Waals surface area (Å²) in [5, 5.41) is 11.4. The van der Waals surface area contributed by atoms with Crippen LogP contribution in [0.1, 0.15) is 11.1 Å². The van der Waals surface area contributed by atoms with Crippen molar-refractivity contribution in [2.45, 2.75) is 6.92 Å². The van der Waals surface area contributed by atoms with E-state index >= 15 is 0 Å². The standard InChI is InChI=1S/C20H16ClFN2/c1-13-9-20(16(12-23)11-19(13)22)24-18-7-5-14(6-8-18)15-3-2-4-17(21)10-15/h2-12,23-24H,1H3. The smallest absolute Gasteiger partial charge is 0.126 e. The Morgan fingerprint density at radius 2 is 1.75 bits per heavy atom. The topological polar surface area (TPSA) is 35.9 Å². The average Bonchev–Trinajstić information content (AvgIpc) is 2.58. The first-order chi connectivity index (χ1) is 11.6.